The number of hydrogen-bond acceptors (Lipinski definition) is 6. The molecule has 2 aromatic heterocycles. The van der Waals surface area contributed by atoms with Gasteiger partial charge in [0.2, 0.25) is 5.95 Å². The van der Waals surface area contributed by atoms with Crippen molar-refractivity contribution in [2.45, 2.75) is 13.8 Å². The van der Waals surface area contributed by atoms with E-state index in [1.54, 1.807) is 0 Å². The van der Waals surface area contributed by atoms with Crippen molar-refractivity contribution >= 4 is 23.0 Å². The molecular weight excluding hydrogens is 252 g/mol. The molecule has 0 aromatic carbocycles. The molecule has 0 aliphatic rings. The molecule has 2 rings (SSSR count). The number of aryl methyl sites for hydroxylation is 1. The monoisotopic (exact) mass is 264 g/mol. The van der Waals surface area contributed by atoms with E-state index in [0.29, 0.717) is 18.2 Å². The van der Waals surface area contributed by atoms with Crippen LogP contribution >= 0.6 is 11.3 Å². The van der Waals surface area contributed by atoms with Gasteiger partial charge >= 0.3 is 5.69 Å². The first-order chi connectivity index (χ1) is 8.61. The number of hydrogen-bond donors (Lipinski definition) is 1. The molecule has 0 unspecified atom stereocenters. The SMILES string of the molecule is CCNc1ncc([N+](=O)[O-])c(-c2csc(C)c2)n1. The van der Waals surface area contributed by atoms with Crippen LogP contribution in [0.4, 0.5) is 11.6 Å². The van der Waals surface area contributed by atoms with Crippen molar-refractivity contribution in [2.75, 3.05) is 11.9 Å². The van der Waals surface area contributed by atoms with Crippen molar-refractivity contribution in [3.63, 3.8) is 0 Å². The number of aromatic nitrogens is 2. The van der Waals surface area contributed by atoms with E-state index in [-0.39, 0.29) is 5.69 Å². The van der Waals surface area contributed by atoms with Crippen LogP contribution in [-0.2, 0) is 0 Å². The average Bonchev–Trinajstić information content (AvgIpc) is 2.76. The Labute approximate surface area is 108 Å². The molecule has 0 radical (unpaired) electrons. The topological polar surface area (TPSA) is 81.0 Å². The highest BCUT2D eigenvalue weighted by Gasteiger charge is 2.19. The van der Waals surface area contributed by atoms with Crippen molar-refractivity contribution in [2.24, 2.45) is 0 Å². The normalized spacial score (nSPS) is 10.3. The van der Waals surface area contributed by atoms with Crippen molar-refractivity contribution in [1.82, 2.24) is 9.97 Å². The molecule has 0 atom stereocenters. The number of thiophene rings is 1. The zero-order valence-electron chi connectivity index (χ0n) is 10.0. The largest absolute Gasteiger partial charge is 0.354 e. The second-order valence-corrected chi connectivity index (χ2v) is 4.78. The van der Waals surface area contributed by atoms with Crippen LogP contribution < -0.4 is 5.32 Å². The minimum absolute atomic E-state index is 0.0746. The summed E-state index contributed by atoms with van der Waals surface area (Å²) in [5.41, 5.74) is 1.04. The Morgan fingerprint density at radius 2 is 2.33 bits per heavy atom. The Balaban J connectivity index is 2.53. The Morgan fingerprint density at radius 3 is 2.89 bits per heavy atom. The van der Waals surface area contributed by atoms with Crippen molar-refractivity contribution < 1.29 is 4.92 Å². The lowest BCUT2D eigenvalue weighted by molar-refractivity contribution is -0.384. The maximum absolute atomic E-state index is 11.0. The second-order valence-electron chi connectivity index (χ2n) is 3.66. The van der Waals surface area contributed by atoms with Gasteiger partial charge in [0.25, 0.3) is 0 Å². The number of rotatable bonds is 4. The smallest absolute Gasteiger partial charge is 0.313 e. The minimum Gasteiger partial charge on any atom is -0.354 e. The fourth-order valence-electron chi connectivity index (χ4n) is 1.53. The van der Waals surface area contributed by atoms with Gasteiger partial charge in [-0.2, -0.15) is 0 Å². The summed E-state index contributed by atoms with van der Waals surface area (Å²) in [5, 5.41) is 15.8. The predicted molar refractivity (Wildman–Crippen MR) is 70.9 cm³/mol. The summed E-state index contributed by atoms with van der Waals surface area (Å²) in [7, 11) is 0. The van der Waals surface area contributed by atoms with Gasteiger partial charge in [-0.3, -0.25) is 10.1 Å². The maximum Gasteiger partial charge on any atom is 0.313 e. The third-order valence-electron chi connectivity index (χ3n) is 2.31. The number of nitro groups is 1. The predicted octanol–water partition coefficient (Wildman–Crippen LogP) is 2.85. The molecule has 0 saturated heterocycles. The standard InChI is InChI=1S/C11H12N4O2S/c1-3-12-11-13-5-9(15(16)17)10(14-11)8-4-7(2)18-6-8/h4-6H,3H2,1-2H3,(H,12,13,14). The van der Waals surface area contributed by atoms with E-state index in [1.165, 1.54) is 17.5 Å². The van der Waals surface area contributed by atoms with Gasteiger partial charge in [-0.1, -0.05) is 0 Å². The first kappa shape index (κ1) is 12.4. The van der Waals surface area contributed by atoms with Crippen LogP contribution in [0.1, 0.15) is 11.8 Å². The molecule has 6 nitrogen and oxygen atoms in total. The molecule has 0 aliphatic heterocycles. The van der Waals surface area contributed by atoms with Gasteiger partial charge in [0.1, 0.15) is 6.20 Å². The molecule has 0 amide bonds. The van der Waals surface area contributed by atoms with Crippen LogP contribution in [-0.4, -0.2) is 21.4 Å². The lowest BCUT2D eigenvalue weighted by Gasteiger charge is -2.04. The van der Waals surface area contributed by atoms with Crippen LogP contribution in [0.2, 0.25) is 0 Å². The van der Waals surface area contributed by atoms with E-state index in [0.717, 1.165) is 10.4 Å². The molecule has 7 heteroatoms. The van der Waals surface area contributed by atoms with Crippen LogP contribution in [0.25, 0.3) is 11.3 Å². The molecule has 0 saturated carbocycles. The number of nitrogens with one attached hydrogen (secondary N) is 1. The third-order valence-corrected chi connectivity index (χ3v) is 3.17. The number of anilines is 1. The third kappa shape index (κ3) is 2.45. The summed E-state index contributed by atoms with van der Waals surface area (Å²) in [6.07, 6.45) is 1.24. The first-order valence-corrected chi connectivity index (χ1v) is 6.30. The summed E-state index contributed by atoms with van der Waals surface area (Å²) in [6.45, 7) is 4.53. The summed E-state index contributed by atoms with van der Waals surface area (Å²) in [6, 6.07) is 1.88. The van der Waals surface area contributed by atoms with Crippen LogP contribution in [0, 0.1) is 17.0 Å². The molecule has 0 spiro atoms. The first-order valence-electron chi connectivity index (χ1n) is 5.42. The Kier molecular flexibility index (Phi) is 3.52. The van der Waals surface area contributed by atoms with Gasteiger partial charge in [-0.25, -0.2) is 9.97 Å². The summed E-state index contributed by atoms with van der Waals surface area (Å²) in [4.78, 5) is 19.7. The van der Waals surface area contributed by atoms with E-state index >= 15 is 0 Å². The van der Waals surface area contributed by atoms with Gasteiger partial charge in [-0.05, 0) is 19.9 Å². The van der Waals surface area contributed by atoms with Gasteiger partial charge < -0.3 is 5.32 Å². The van der Waals surface area contributed by atoms with Crippen molar-refractivity contribution in [3.05, 3.63) is 32.6 Å². The molecular formula is C11H12N4O2S. The zero-order valence-corrected chi connectivity index (χ0v) is 10.8. The zero-order chi connectivity index (χ0) is 13.1. The van der Waals surface area contributed by atoms with E-state index in [2.05, 4.69) is 15.3 Å². The molecule has 18 heavy (non-hydrogen) atoms. The fourth-order valence-corrected chi connectivity index (χ4v) is 2.22. The van der Waals surface area contributed by atoms with Crippen LogP contribution in [0.5, 0.6) is 0 Å². The van der Waals surface area contributed by atoms with Crippen molar-refractivity contribution in [1.29, 1.82) is 0 Å². The van der Waals surface area contributed by atoms with E-state index < -0.39 is 4.92 Å². The van der Waals surface area contributed by atoms with Gasteiger partial charge in [0, 0.05) is 22.4 Å². The highest BCUT2D eigenvalue weighted by molar-refractivity contribution is 7.10. The minimum atomic E-state index is -0.460. The molecule has 2 heterocycles. The summed E-state index contributed by atoms with van der Waals surface area (Å²) >= 11 is 1.54. The summed E-state index contributed by atoms with van der Waals surface area (Å²) in [5.74, 6) is 0.405. The molecule has 2 aromatic rings. The molecule has 0 bridgehead atoms. The summed E-state index contributed by atoms with van der Waals surface area (Å²) < 4.78 is 0. The molecule has 0 fully saturated rings. The van der Waals surface area contributed by atoms with E-state index in [4.69, 9.17) is 0 Å². The Hall–Kier alpha value is -2.02. The van der Waals surface area contributed by atoms with Crippen LogP contribution in [0.15, 0.2) is 17.6 Å². The molecule has 0 aliphatic carbocycles. The average molecular weight is 264 g/mol. The number of nitrogens with zero attached hydrogens (tertiary/aromatic N) is 3. The molecule has 1 N–H and O–H groups in total. The Bertz CT molecular complexity index is 582. The van der Waals surface area contributed by atoms with Crippen molar-refractivity contribution in [3.8, 4) is 11.3 Å². The van der Waals surface area contributed by atoms with Gasteiger partial charge in [0.15, 0.2) is 5.69 Å². The highest BCUT2D eigenvalue weighted by atomic mass is 32.1. The van der Waals surface area contributed by atoms with Gasteiger partial charge in [0.05, 0.1) is 4.92 Å². The highest BCUT2D eigenvalue weighted by Crippen LogP contribution is 2.31. The van der Waals surface area contributed by atoms with Gasteiger partial charge in [-0.15, -0.1) is 11.3 Å². The lowest BCUT2D eigenvalue weighted by atomic mass is 10.2. The van der Waals surface area contributed by atoms with E-state index in [9.17, 15) is 10.1 Å². The quantitative estimate of drug-likeness (QED) is 0.678. The maximum atomic E-state index is 11.0. The van der Waals surface area contributed by atoms with Crippen LogP contribution in [0.3, 0.4) is 0 Å². The second kappa shape index (κ2) is 5.09. The fraction of sp³-hybridized carbons (Fsp3) is 0.273. The Morgan fingerprint density at radius 1 is 1.56 bits per heavy atom. The lowest BCUT2D eigenvalue weighted by Crippen LogP contribution is -2.04. The molecule has 94 valence electrons. The van der Waals surface area contributed by atoms with E-state index in [1.807, 2.05) is 25.3 Å².